The molecule has 6 rings (SSSR count). The van der Waals surface area contributed by atoms with Gasteiger partial charge in [-0.3, -0.25) is 9.89 Å². The Kier molecular flexibility index (Phi) is 5.86. The molecule has 0 aromatic heterocycles. The van der Waals surface area contributed by atoms with E-state index in [9.17, 15) is 0 Å². The molecule has 3 aromatic rings. The number of hydrogen-bond donors (Lipinski definition) is 0. The fourth-order valence-electron chi connectivity index (χ4n) is 5.44. The minimum Gasteiger partial charge on any atom is -0.497 e. The molecule has 3 aliphatic rings. The molecule has 0 radical (unpaired) electrons. The van der Waals surface area contributed by atoms with Crippen molar-refractivity contribution in [3.63, 3.8) is 0 Å². The van der Waals surface area contributed by atoms with Crippen LogP contribution in [0.4, 0.5) is 0 Å². The Hall–Kier alpha value is -2.91. The molecule has 0 aliphatic carbocycles. The van der Waals surface area contributed by atoms with E-state index in [4.69, 9.17) is 9.73 Å². The molecular weight excluding hydrogens is 380 g/mol. The van der Waals surface area contributed by atoms with E-state index in [0.717, 1.165) is 11.3 Å². The fraction of sp³-hybridized carbons (Fsp3) is 0.321. The van der Waals surface area contributed by atoms with Gasteiger partial charge in [0, 0.05) is 18.2 Å². The number of ether oxygens (including phenoxy) is 1. The van der Waals surface area contributed by atoms with Crippen LogP contribution in [0, 0.1) is 5.92 Å². The number of aliphatic imine (C=N–C) groups is 1. The lowest BCUT2D eigenvalue weighted by atomic mass is 9.71. The van der Waals surface area contributed by atoms with Crippen LogP contribution in [0.25, 0.3) is 0 Å². The summed E-state index contributed by atoms with van der Waals surface area (Å²) in [5, 5.41) is 0. The summed E-state index contributed by atoms with van der Waals surface area (Å²) in [6.07, 6.45) is 4.57. The molecule has 158 valence electrons. The van der Waals surface area contributed by atoms with Crippen molar-refractivity contribution in [2.75, 3.05) is 20.2 Å². The molecule has 3 aromatic carbocycles. The van der Waals surface area contributed by atoms with Crippen molar-refractivity contribution in [2.45, 2.75) is 30.8 Å². The van der Waals surface area contributed by atoms with E-state index in [1.807, 2.05) is 12.1 Å². The largest absolute Gasteiger partial charge is 0.497 e. The highest BCUT2D eigenvalue weighted by Gasteiger charge is 2.46. The van der Waals surface area contributed by atoms with Crippen molar-refractivity contribution >= 4 is 6.21 Å². The van der Waals surface area contributed by atoms with Crippen LogP contribution in [0.15, 0.2) is 89.9 Å². The van der Waals surface area contributed by atoms with Crippen LogP contribution < -0.4 is 4.74 Å². The Morgan fingerprint density at radius 1 is 0.839 bits per heavy atom. The van der Waals surface area contributed by atoms with Gasteiger partial charge in [-0.25, -0.2) is 0 Å². The van der Waals surface area contributed by atoms with E-state index in [-0.39, 0.29) is 0 Å². The maximum Gasteiger partial charge on any atom is 0.118 e. The van der Waals surface area contributed by atoms with Gasteiger partial charge in [0.1, 0.15) is 5.75 Å². The molecule has 0 saturated carbocycles. The molecule has 3 heteroatoms. The number of benzene rings is 3. The fourth-order valence-corrected chi connectivity index (χ4v) is 5.44. The second kappa shape index (κ2) is 9.07. The van der Waals surface area contributed by atoms with E-state index in [0.29, 0.717) is 23.9 Å². The van der Waals surface area contributed by atoms with Crippen molar-refractivity contribution in [3.05, 3.63) is 102 Å². The molecular formula is C28H30N2O. The first kappa shape index (κ1) is 20.0. The summed E-state index contributed by atoms with van der Waals surface area (Å²) in [5.41, 5.74) is 3.90. The lowest BCUT2D eigenvalue weighted by Gasteiger charge is -2.52. The third kappa shape index (κ3) is 4.15. The van der Waals surface area contributed by atoms with E-state index in [1.54, 1.807) is 7.11 Å². The molecule has 0 unspecified atom stereocenters. The molecule has 2 bridgehead atoms. The first-order valence-electron chi connectivity index (χ1n) is 11.3. The molecule has 0 amide bonds. The zero-order chi connectivity index (χ0) is 21.0. The maximum atomic E-state index is 5.30. The van der Waals surface area contributed by atoms with Gasteiger partial charge in [-0.2, -0.15) is 0 Å². The minimum atomic E-state index is 0.301. The van der Waals surface area contributed by atoms with E-state index < -0.39 is 0 Å². The third-order valence-corrected chi connectivity index (χ3v) is 7.00. The quantitative estimate of drug-likeness (QED) is 0.508. The number of fused-ring (bicyclic) bond motifs is 3. The van der Waals surface area contributed by atoms with Gasteiger partial charge in [-0.15, -0.1) is 0 Å². The molecule has 3 nitrogen and oxygen atoms in total. The second-order valence-electron chi connectivity index (χ2n) is 8.70. The monoisotopic (exact) mass is 410 g/mol. The number of rotatable bonds is 6. The average Bonchev–Trinajstić information content (AvgIpc) is 2.86. The Morgan fingerprint density at radius 2 is 1.42 bits per heavy atom. The van der Waals surface area contributed by atoms with Gasteiger partial charge in [0.05, 0.1) is 13.2 Å². The molecule has 3 heterocycles. The lowest BCUT2D eigenvalue weighted by Crippen LogP contribution is -2.59. The van der Waals surface area contributed by atoms with Crippen LogP contribution in [-0.4, -0.2) is 43.4 Å². The molecule has 31 heavy (non-hydrogen) atoms. The maximum absolute atomic E-state index is 5.30. The summed E-state index contributed by atoms with van der Waals surface area (Å²) < 4.78 is 5.30. The Balaban J connectivity index is 1.52. The van der Waals surface area contributed by atoms with Gasteiger partial charge in [-0.05, 0) is 72.8 Å². The smallest absolute Gasteiger partial charge is 0.118 e. The summed E-state index contributed by atoms with van der Waals surface area (Å²) in [6, 6.07) is 30.9. The molecule has 0 N–H and O–H groups in total. The van der Waals surface area contributed by atoms with Gasteiger partial charge < -0.3 is 4.74 Å². The van der Waals surface area contributed by atoms with Gasteiger partial charge in [-0.1, -0.05) is 60.7 Å². The highest BCUT2D eigenvalue weighted by molar-refractivity contribution is 5.80. The van der Waals surface area contributed by atoms with Crippen LogP contribution in [0.2, 0.25) is 0 Å². The summed E-state index contributed by atoms with van der Waals surface area (Å²) in [5.74, 6) is 1.86. The van der Waals surface area contributed by atoms with Crippen LogP contribution in [0.5, 0.6) is 5.75 Å². The molecule has 3 saturated heterocycles. The average molecular weight is 411 g/mol. The number of piperidine rings is 3. The van der Waals surface area contributed by atoms with Gasteiger partial charge in [0.25, 0.3) is 0 Å². The van der Waals surface area contributed by atoms with Crippen molar-refractivity contribution in [1.29, 1.82) is 0 Å². The third-order valence-electron chi connectivity index (χ3n) is 7.00. The first-order chi connectivity index (χ1) is 15.3. The summed E-state index contributed by atoms with van der Waals surface area (Å²) in [7, 11) is 1.70. The van der Waals surface area contributed by atoms with Gasteiger partial charge in [0.2, 0.25) is 0 Å². The van der Waals surface area contributed by atoms with Crippen molar-refractivity contribution < 1.29 is 4.74 Å². The van der Waals surface area contributed by atoms with Crippen LogP contribution in [0.3, 0.4) is 0 Å². The van der Waals surface area contributed by atoms with E-state index in [2.05, 4.69) is 83.9 Å². The second-order valence-corrected chi connectivity index (χ2v) is 8.70. The van der Waals surface area contributed by atoms with Crippen LogP contribution in [-0.2, 0) is 0 Å². The van der Waals surface area contributed by atoms with Crippen LogP contribution in [0.1, 0.15) is 35.4 Å². The zero-order valence-electron chi connectivity index (χ0n) is 18.1. The normalized spacial score (nSPS) is 25.2. The zero-order valence-corrected chi connectivity index (χ0v) is 18.1. The summed E-state index contributed by atoms with van der Waals surface area (Å²) in [6.45, 7) is 2.36. The SMILES string of the molecule is COc1ccc(C=N[C@@H]2C3CCN(CC3)[C@H]2C(c2ccccc2)c2ccccc2)cc1. The van der Waals surface area contributed by atoms with Crippen molar-refractivity contribution in [3.8, 4) is 5.75 Å². The van der Waals surface area contributed by atoms with Gasteiger partial charge in [0.15, 0.2) is 0 Å². The predicted molar refractivity (Wildman–Crippen MR) is 127 cm³/mol. The van der Waals surface area contributed by atoms with E-state index >= 15 is 0 Å². The Morgan fingerprint density at radius 3 is 1.97 bits per heavy atom. The minimum absolute atomic E-state index is 0.301. The Labute approximate surface area is 185 Å². The first-order valence-corrected chi connectivity index (χ1v) is 11.3. The number of methoxy groups -OCH3 is 1. The number of nitrogens with zero attached hydrogens (tertiary/aromatic N) is 2. The standard InChI is InChI=1S/C28H30N2O/c1-31-25-14-12-21(13-15-25)20-29-27-24-16-18-30(19-17-24)28(27)26(22-8-4-2-5-9-22)23-10-6-3-7-11-23/h2-15,20,24,26-28H,16-19H2,1H3/t27-,28+/m1/s1. The summed E-state index contributed by atoms with van der Waals surface area (Å²) in [4.78, 5) is 7.93. The molecule has 3 aliphatic heterocycles. The molecule has 3 fully saturated rings. The topological polar surface area (TPSA) is 24.8 Å². The molecule has 0 spiro atoms. The van der Waals surface area contributed by atoms with Crippen molar-refractivity contribution in [2.24, 2.45) is 10.9 Å². The lowest BCUT2D eigenvalue weighted by molar-refractivity contribution is 0.0215. The van der Waals surface area contributed by atoms with Crippen molar-refractivity contribution in [1.82, 2.24) is 4.90 Å². The van der Waals surface area contributed by atoms with Crippen LogP contribution >= 0.6 is 0 Å². The van der Waals surface area contributed by atoms with E-state index in [1.165, 1.54) is 37.1 Å². The highest BCUT2D eigenvalue weighted by Crippen LogP contribution is 2.43. The number of hydrogen-bond acceptors (Lipinski definition) is 3. The molecule has 2 atom stereocenters. The predicted octanol–water partition coefficient (Wildman–Crippen LogP) is 5.41. The Bertz CT molecular complexity index is 953. The summed E-state index contributed by atoms with van der Waals surface area (Å²) >= 11 is 0. The highest BCUT2D eigenvalue weighted by atomic mass is 16.5. The van der Waals surface area contributed by atoms with Gasteiger partial charge >= 0.3 is 0 Å².